The number of carbonyl (C=O) groups excluding carboxylic acids is 2. The van der Waals surface area contributed by atoms with Crippen LogP contribution in [0.25, 0.3) is 0 Å². The highest BCUT2D eigenvalue weighted by Gasteiger charge is 2.38. The predicted molar refractivity (Wildman–Crippen MR) is 95.2 cm³/mol. The lowest BCUT2D eigenvalue weighted by Crippen LogP contribution is -2.47. The van der Waals surface area contributed by atoms with Gasteiger partial charge in [-0.1, -0.05) is 32.0 Å². The van der Waals surface area contributed by atoms with E-state index < -0.39 is 6.04 Å². The summed E-state index contributed by atoms with van der Waals surface area (Å²) in [4.78, 5) is 32.6. The van der Waals surface area contributed by atoms with E-state index in [1.54, 1.807) is 4.90 Å². The first-order valence-corrected chi connectivity index (χ1v) is 8.84. The Labute approximate surface area is 145 Å². The molecule has 0 radical (unpaired) electrons. The molecule has 6 heteroatoms. The first kappa shape index (κ1) is 16.6. The number of aromatic nitrogens is 1. The lowest BCUT2D eigenvalue weighted by molar-refractivity contribution is -0.122. The highest BCUT2D eigenvalue weighted by molar-refractivity contribution is 7.15. The minimum Gasteiger partial charge on any atom is -0.322 e. The zero-order valence-electron chi connectivity index (χ0n) is 14.3. The Hall–Kier alpha value is -2.21. The Balaban J connectivity index is 1.83. The predicted octanol–water partition coefficient (Wildman–Crippen LogP) is 3.38. The molecule has 0 unspecified atom stereocenters. The number of aryl methyl sites for hydroxylation is 2. The highest BCUT2D eigenvalue weighted by Crippen LogP contribution is 2.28. The lowest BCUT2D eigenvalue weighted by atomic mass is 10.0. The number of benzene rings is 1. The summed E-state index contributed by atoms with van der Waals surface area (Å²) in [5, 5.41) is 3.47. The molecule has 24 heavy (non-hydrogen) atoms. The van der Waals surface area contributed by atoms with Gasteiger partial charge in [0.1, 0.15) is 6.04 Å². The van der Waals surface area contributed by atoms with E-state index >= 15 is 0 Å². The Morgan fingerprint density at radius 1 is 1.29 bits per heavy atom. The van der Waals surface area contributed by atoms with E-state index in [1.807, 2.05) is 52.0 Å². The third-order valence-corrected chi connectivity index (χ3v) is 5.33. The molecule has 0 fully saturated rings. The Bertz CT molecular complexity index is 778. The molecule has 2 aromatic rings. The second-order valence-corrected chi connectivity index (χ2v) is 7.63. The van der Waals surface area contributed by atoms with Gasteiger partial charge < -0.3 is 10.2 Å². The summed E-state index contributed by atoms with van der Waals surface area (Å²) in [5.74, 6) is -0.253. The number of carbonyl (C=O) groups is 2. The van der Waals surface area contributed by atoms with Crippen LogP contribution in [0.15, 0.2) is 24.3 Å². The first-order valence-electron chi connectivity index (χ1n) is 8.02. The summed E-state index contributed by atoms with van der Waals surface area (Å²) < 4.78 is 0. The second-order valence-electron chi connectivity index (χ2n) is 6.43. The summed E-state index contributed by atoms with van der Waals surface area (Å²) in [6.07, 6.45) is 0. The molecule has 2 amide bonds. The minimum atomic E-state index is -0.519. The molecule has 0 aliphatic carbocycles. The van der Waals surface area contributed by atoms with E-state index in [0.717, 1.165) is 16.1 Å². The van der Waals surface area contributed by atoms with Crippen molar-refractivity contribution in [1.82, 2.24) is 9.88 Å². The van der Waals surface area contributed by atoms with E-state index in [4.69, 9.17) is 0 Å². The Kier molecular flexibility index (Phi) is 4.41. The molecule has 1 aromatic carbocycles. The monoisotopic (exact) mass is 343 g/mol. The van der Waals surface area contributed by atoms with Gasteiger partial charge >= 0.3 is 0 Å². The number of thiazole rings is 1. The van der Waals surface area contributed by atoms with Gasteiger partial charge in [-0.05, 0) is 31.4 Å². The topological polar surface area (TPSA) is 62.3 Å². The van der Waals surface area contributed by atoms with Crippen molar-refractivity contribution in [2.24, 2.45) is 5.92 Å². The first-order chi connectivity index (χ1) is 11.4. The summed E-state index contributed by atoms with van der Waals surface area (Å²) >= 11 is 1.46. The molecule has 1 aliphatic heterocycles. The molecule has 1 atom stereocenters. The molecule has 0 saturated heterocycles. The minimum absolute atomic E-state index is 0.00502. The number of anilines is 1. The number of rotatable bonds is 4. The van der Waals surface area contributed by atoms with Gasteiger partial charge in [-0.15, -0.1) is 11.3 Å². The van der Waals surface area contributed by atoms with Crippen LogP contribution in [-0.2, 0) is 11.3 Å². The number of hydrogen-bond acceptors (Lipinski definition) is 4. The molecule has 1 aromatic heterocycles. The van der Waals surface area contributed by atoms with Crippen LogP contribution >= 0.6 is 11.3 Å². The fourth-order valence-electron chi connectivity index (χ4n) is 3.01. The van der Waals surface area contributed by atoms with Crippen molar-refractivity contribution in [2.75, 3.05) is 5.32 Å². The Morgan fingerprint density at radius 2 is 2.00 bits per heavy atom. The smallest absolute Gasteiger partial charge is 0.255 e. The van der Waals surface area contributed by atoms with Gasteiger partial charge in [-0.2, -0.15) is 0 Å². The maximum Gasteiger partial charge on any atom is 0.255 e. The zero-order valence-corrected chi connectivity index (χ0v) is 15.1. The lowest BCUT2D eigenvalue weighted by Gasteiger charge is -2.29. The maximum atomic E-state index is 12.8. The average Bonchev–Trinajstić information content (AvgIpc) is 3.00. The van der Waals surface area contributed by atoms with Crippen molar-refractivity contribution in [3.8, 4) is 0 Å². The quantitative estimate of drug-likeness (QED) is 0.926. The van der Waals surface area contributed by atoms with E-state index in [-0.39, 0.29) is 17.7 Å². The van der Waals surface area contributed by atoms with Gasteiger partial charge in [0.15, 0.2) is 5.13 Å². The Morgan fingerprint density at radius 3 is 2.58 bits per heavy atom. The number of fused-ring (bicyclic) bond motifs is 1. The maximum absolute atomic E-state index is 12.8. The summed E-state index contributed by atoms with van der Waals surface area (Å²) in [6.45, 7) is 8.28. The molecular weight excluding hydrogens is 322 g/mol. The molecule has 126 valence electrons. The SMILES string of the molecule is Cc1nc(NC(=O)[C@H](C(C)C)N2Cc3ccccc3C2=O)sc1C. The molecule has 0 bridgehead atoms. The van der Waals surface area contributed by atoms with Crippen molar-refractivity contribution in [1.29, 1.82) is 0 Å². The molecule has 5 nitrogen and oxygen atoms in total. The van der Waals surface area contributed by atoms with E-state index in [1.165, 1.54) is 11.3 Å². The second kappa shape index (κ2) is 6.36. The van der Waals surface area contributed by atoms with Gasteiger partial charge in [-0.25, -0.2) is 4.98 Å². The van der Waals surface area contributed by atoms with Crippen LogP contribution < -0.4 is 5.32 Å². The highest BCUT2D eigenvalue weighted by atomic mass is 32.1. The third kappa shape index (κ3) is 2.94. The zero-order chi connectivity index (χ0) is 17.4. The van der Waals surface area contributed by atoms with Crippen molar-refractivity contribution < 1.29 is 9.59 Å². The van der Waals surface area contributed by atoms with Gasteiger partial charge in [-0.3, -0.25) is 9.59 Å². The van der Waals surface area contributed by atoms with E-state index in [2.05, 4.69) is 10.3 Å². The summed E-state index contributed by atoms with van der Waals surface area (Å²) in [5.41, 5.74) is 2.58. The summed E-state index contributed by atoms with van der Waals surface area (Å²) in [7, 11) is 0. The number of nitrogens with zero attached hydrogens (tertiary/aromatic N) is 2. The molecule has 1 aliphatic rings. The van der Waals surface area contributed by atoms with Crippen molar-refractivity contribution in [2.45, 2.75) is 40.3 Å². The summed E-state index contributed by atoms with van der Waals surface area (Å²) in [6, 6.07) is 7.01. The van der Waals surface area contributed by atoms with Crippen LogP contribution in [0.1, 0.15) is 40.3 Å². The number of amides is 2. The standard InChI is InChI=1S/C18H21N3O2S/c1-10(2)15(16(22)20-18-19-11(3)12(4)24-18)21-9-13-7-5-6-8-14(13)17(21)23/h5-8,10,15H,9H2,1-4H3,(H,19,20,22)/t15-/m0/s1. The number of nitrogens with one attached hydrogen (secondary N) is 1. The van der Waals surface area contributed by atoms with Gasteiger partial charge in [0.25, 0.3) is 5.91 Å². The van der Waals surface area contributed by atoms with Crippen LogP contribution in [-0.4, -0.2) is 27.7 Å². The molecule has 2 heterocycles. The van der Waals surface area contributed by atoms with Crippen LogP contribution in [0.3, 0.4) is 0 Å². The van der Waals surface area contributed by atoms with E-state index in [0.29, 0.717) is 17.2 Å². The molecule has 0 spiro atoms. The van der Waals surface area contributed by atoms with Crippen molar-refractivity contribution >= 4 is 28.3 Å². The van der Waals surface area contributed by atoms with E-state index in [9.17, 15) is 9.59 Å². The van der Waals surface area contributed by atoms with Crippen LogP contribution in [0.2, 0.25) is 0 Å². The molecule has 3 rings (SSSR count). The van der Waals surface area contributed by atoms with Gasteiger partial charge in [0, 0.05) is 17.0 Å². The fourth-order valence-corrected chi connectivity index (χ4v) is 3.83. The fraction of sp³-hybridized carbons (Fsp3) is 0.389. The third-order valence-electron chi connectivity index (χ3n) is 4.34. The normalized spacial score (nSPS) is 14.9. The van der Waals surface area contributed by atoms with Crippen LogP contribution in [0, 0.1) is 19.8 Å². The van der Waals surface area contributed by atoms with Gasteiger partial charge in [0.05, 0.1) is 5.69 Å². The largest absolute Gasteiger partial charge is 0.322 e. The molecule has 1 N–H and O–H groups in total. The van der Waals surface area contributed by atoms with Crippen LogP contribution in [0.5, 0.6) is 0 Å². The molecular formula is C18H21N3O2S. The average molecular weight is 343 g/mol. The van der Waals surface area contributed by atoms with Crippen LogP contribution in [0.4, 0.5) is 5.13 Å². The molecule has 0 saturated carbocycles. The van der Waals surface area contributed by atoms with Crippen molar-refractivity contribution in [3.05, 3.63) is 46.0 Å². The van der Waals surface area contributed by atoms with Gasteiger partial charge in [0.2, 0.25) is 5.91 Å². The number of hydrogen-bond donors (Lipinski definition) is 1. The van der Waals surface area contributed by atoms with Crippen molar-refractivity contribution in [3.63, 3.8) is 0 Å².